The van der Waals surface area contributed by atoms with Crippen molar-refractivity contribution in [2.24, 2.45) is 10.8 Å². The number of hydrogen-bond acceptors (Lipinski definition) is 5. The minimum absolute atomic E-state index is 0.0153. The number of benzene rings is 2. The molecule has 1 heterocycles. The summed E-state index contributed by atoms with van der Waals surface area (Å²) in [5.41, 5.74) is 10.9. The minimum atomic E-state index is -0.445. The van der Waals surface area contributed by atoms with Crippen LogP contribution < -0.4 is 11.2 Å². The molecule has 0 saturated heterocycles. The van der Waals surface area contributed by atoms with Gasteiger partial charge in [-0.2, -0.15) is 10.2 Å². The highest BCUT2D eigenvalue weighted by molar-refractivity contribution is 9.10. The Labute approximate surface area is 168 Å². The smallest absolute Gasteiger partial charge is 0.269 e. The average molecular weight is 445 g/mol. The number of nitrogens with two attached hydrogens (primary N) is 1. The molecule has 0 fully saturated rings. The van der Waals surface area contributed by atoms with Crippen molar-refractivity contribution in [1.29, 1.82) is 0 Å². The predicted octanol–water partition coefficient (Wildman–Crippen LogP) is 3.38. The van der Waals surface area contributed by atoms with E-state index in [9.17, 15) is 10.1 Å². The summed E-state index contributed by atoms with van der Waals surface area (Å²) in [5.74, 6) is 0. The van der Waals surface area contributed by atoms with Crippen molar-refractivity contribution in [3.63, 3.8) is 0 Å². The summed E-state index contributed by atoms with van der Waals surface area (Å²) < 4.78 is 2.58. The summed E-state index contributed by atoms with van der Waals surface area (Å²) in [6.45, 7) is 0. The Kier molecular flexibility index (Phi) is 5.57. The SMILES string of the molecule is NC(=S)N/N=C/c1cn(-c2ccc([N+](=O)[O-])cc2)nc1-c1ccc(Br)cc1. The highest BCUT2D eigenvalue weighted by Gasteiger charge is 2.12. The lowest BCUT2D eigenvalue weighted by Crippen LogP contribution is -2.24. The number of hydrazone groups is 1. The van der Waals surface area contributed by atoms with Crippen LogP contribution >= 0.6 is 28.1 Å². The molecule has 2 aromatic carbocycles. The fourth-order valence-corrected chi connectivity index (χ4v) is 2.66. The number of nitrogens with one attached hydrogen (secondary N) is 1. The van der Waals surface area contributed by atoms with Gasteiger partial charge in [-0.3, -0.25) is 15.5 Å². The molecule has 8 nitrogen and oxygen atoms in total. The van der Waals surface area contributed by atoms with Crippen LogP contribution in [-0.4, -0.2) is 26.0 Å². The Morgan fingerprint density at radius 1 is 1.26 bits per heavy atom. The Morgan fingerprint density at radius 2 is 1.93 bits per heavy atom. The van der Waals surface area contributed by atoms with Gasteiger partial charge in [0.1, 0.15) is 5.69 Å². The Bertz CT molecular complexity index is 1010. The van der Waals surface area contributed by atoms with Crippen molar-refractivity contribution in [2.75, 3.05) is 0 Å². The first-order valence-electron chi connectivity index (χ1n) is 7.63. The zero-order valence-electron chi connectivity index (χ0n) is 13.7. The largest absolute Gasteiger partial charge is 0.375 e. The number of hydrogen-bond donors (Lipinski definition) is 2. The molecule has 3 rings (SSSR count). The maximum absolute atomic E-state index is 10.8. The molecule has 0 atom stereocenters. The van der Waals surface area contributed by atoms with E-state index in [1.165, 1.54) is 12.1 Å². The number of aromatic nitrogens is 2. The van der Waals surface area contributed by atoms with E-state index in [2.05, 4.69) is 31.6 Å². The van der Waals surface area contributed by atoms with Crippen molar-refractivity contribution < 1.29 is 4.92 Å². The van der Waals surface area contributed by atoms with Crippen LogP contribution in [0, 0.1) is 10.1 Å². The minimum Gasteiger partial charge on any atom is -0.375 e. The Morgan fingerprint density at radius 3 is 2.52 bits per heavy atom. The summed E-state index contributed by atoms with van der Waals surface area (Å²) in [6, 6.07) is 13.8. The van der Waals surface area contributed by atoms with Crippen molar-refractivity contribution in [3.8, 4) is 16.9 Å². The molecule has 0 bridgehead atoms. The first-order valence-corrected chi connectivity index (χ1v) is 8.83. The molecule has 1 aromatic heterocycles. The summed E-state index contributed by atoms with van der Waals surface area (Å²) in [5, 5.41) is 19.5. The van der Waals surface area contributed by atoms with Crippen LogP contribution in [0.5, 0.6) is 0 Å². The highest BCUT2D eigenvalue weighted by atomic mass is 79.9. The Balaban J connectivity index is 2.02. The van der Waals surface area contributed by atoms with Gasteiger partial charge in [-0.25, -0.2) is 4.68 Å². The van der Waals surface area contributed by atoms with E-state index >= 15 is 0 Å². The fourth-order valence-electron chi connectivity index (χ4n) is 2.34. The molecular weight excluding hydrogens is 432 g/mol. The van der Waals surface area contributed by atoms with Crippen LogP contribution in [0.15, 0.2) is 64.3 Å². The number of nitro benzene ring substituents is 1. The molecule has 136 valence electrons. The van der Waals surface area contributed by atoms with E-state index in [4.69, 9.17) is 18.0 Å². The third kappa shape index (κ3) is 4.54. The van der Waals surface area contributed by atoms with Gasteiger partial charge in [0.25, 0.3) is 5.69 Å². The maximum Gasteiger partial charge on any atom is 0.269 e. The summed E-state index contributed by atoms with van der Waals surface area (Å²) in [6.07, 6.45) is 3.33. The predicted molar refractivity (Wildman–Crippen MR) is 111 cm³/mol. The van der Waals surface area contributed by atoms with Gasteiger partial charge in [-0.05, 0) is 36.5 Å². The molecule has 0 amide bonds. The molecule has 3 N–H and O–H groups in total. The molecule has 0 aliphatic carbocycles. The maximum atomic E-state index is 10.8. The van der Waals surface area contributed by atoms with Crippen LogP contribution in [-0.2, 0) is 0 Å². The van der Waals surface area contributed by atoms with Crippen LogP contribution in [0.2, 0.25) is 0 Å². The van der Waals surface area contributed by atoms with E-state index in [0.717, 1.165) is 15.6 Å². The molecule has 0 saturated carbocycles. The number of halogens is 1. The molecule has 27 heavy (non-hydrogen) atoms. The molecule has 0 aliphatic heterocycles. The molecule has 0 aliphatic rings. The second-order valence-electron chi connectivity index (χ2n) is 5.39. The normalized spacial score (nSPS) is 10.9. The van der Waals surface area contributed by atoms with Crippen molar-refractivity contribution in [2.45, 2.75) is 0 Å². The van der Waals surface area contributed by atoms with Gasteiger partial charge in [0.05, 0.1) is 16.8 Å². The highest BCUT2D eigenvalue weighted by Crippen LogP contribution is 2.25. The van der Waals surface area contributed by atoms with Crippen LogP contribution in [0.25, 0.3) is 16.9 Å². The fraction of sp³-hybridized carbons (Fsp3) is 0. The summed E-state index contributed by atoms with van der Waals surface area (Å²) in [7, 11) is 0. The van der Waals surface area contributed by atoms with Gasteiger partial charge < -0.3 is 5.73 Å². The zero-order chi connectivity index (χ0) is 19.4. The van der Waals surface area contributed by atoms with E-state index in [1.807, 2.05) is 24.3 Å². The van der Waals surface area contributed by atoms with Crippen LogP contribution in [0.3, 0.4) is 0 Å². The van der Waals surface area contributed by atoms with Crippen LogP contribution in [0.1, 0.15) is 5.56 Å². The first kappa shape index (κ1) is 18.7. The molecule has 0 spiro atoms. The lowest BCUT2D eigenvalue weighted by Gasteiger charge is -2.01. The van der Waals surface area contributed by atoms with Gasteiger partial charge in [0.2, 0.25) is 0 Å². The number of thiocarbonyl (C=S) groups is 1. The molecular formula is C17H13BrN6O2S. The number of rotatable bonds is 5. The Hall–Kier alpha value is -3.11. The lowest BCUT2D eigenvalue weighted by molar-refractivity contribution is -0.384. The lowest BCUT2D eigenvalue weighted by atomic mass is 10.1. The summed E-state index contributed by atoms with van der Waals surface area (Å²) >= 11 is 8.15. The summed E-state index contributed by atoms with van der Waals surface area (Å²) in [4.78, 5) is 10.4. The molecule has 0 radical (unpaired) electrons. The van der Waals surface area contributed by atoms with Gasteiger partial charge in [0.15, 0.2) is 5.11 Å². The molecule has 0 unspecified atom stereocenters. The van der Waals surface area contributed by atoms with Crippen molar-refractivity contribution in [1.82, 2.24) is 15.2 Å². The molecule has 3 aromatic rings. The standard InChI is InChI=1S/C17H13BrN6O2S/c18-13-3-1-11(2-4-13)16-12(9-20-21-17(19)27)10-23(22-16)14-5-7-15(8-6-14)24(25)26/h1-10H,(H3,19,21,27)/b20-9+. The number of nitro groups is 1. The topological polar surface area (TPSA) is 111 Å². The van der Waals surface area contributed by atoms with Crippen molar-refractivity contribution in [3.05, 3.63) is 74.9 Å². The second-order valence-corrected chi connectivity index (χ2v) is 6.75. The third-order valence-electron chi connectivity index (χ3n) is 3.56. The number of nitrogens with zero attached hydrogens (tertiary/aromatic N) is 4. The van der Waals surface area contributed by atoms with E-state index in [-0.39, 0.29) is 10.8 Å². The number of non-ortho nitro benzene ring substituents is 1. The quantitative estimate of drug-likeness (QED) is 0.270. The first-order chi connectivity index (χ1) is 12.9. The van der Waals surface area contributed by atoms with Crippen molar-refractivity contribution >= 4 is 45.2 Å². The third-order valence-corrected chi connectivity index (χ3v) is 4.18. The van der Waals surface area contributed by atoms with Gasteiger partial charge in [-0.15, -0.1) is 0 Å². The second kappa shape index (κ2) is 8.06. The average Bonchev–Trinajstić information content (AvgIpc) is 3.06. The van der Waals surface area contributed by atoms with Gasteiger partial charge >= 0.3 is 0 Å². The molecule has 10 heteroatoms. The van der Waals surface area contributed by atoms with E-state index < -0.39 is 4.92 Å². The monoisotopic (exact) mass is 444 g/mol. The van der Waals surface area contributed by atoms with Gasteiger partial charge in [-0.1, -0.05) is 28.1 Å². The van der Waals surface area contributed by atoms with E-state index in [0.29, 0.717) is 11.4 Å². The van der Waals surface area contributed by atoms with Gasteiger partial charge in [0, 0.05) is 33.9 Å². The van der Waals surface area contributed by atoms with E-state index in [1.54, 1.807) is 29.2 Å². The van der Waals surface area contributed by atoms with Crippen LogP contribution in [0.4, 0.5) is 5.69 Å². The zero-order valence-corrected chi connectivity index (χ0v) is 16.1.